The zero-order chi connectivity index (χ0) is 33.9. The largest absolute Gasteiger partial charge is 0.445 e. The van der Waals surface area contributed by atoms with Crippen molar-refractivity contribution in [3.63, 3.8) is 0 Å². The maximum Gasteiger partial charge on any atom is 0.408 e. The number of nitrogens with zero attached hydrogens (tertiary/aromatic N) is 1. The summed E-state index contributed by atoms with van der Waals surface area (Å²) in [5, 5.41) is 20.0. The molecule has 2 aromatic carbocycles. The Morgan fingerprint density at radius 1 is 0.851 bits per heavy atom. The highest BCUT2D eigenvalue weighted by Crippen LogP contribution is 2.38. The number of aliphatic hydroxyl groups is 1. The lowest BCUT2D eigenvalue weighted by Crippen LogP contribution is -2.60. The minimum atomic E-state index is -0.954. The van der Waals surface area contributed by atoms with Crippen LogP contribution in [0.1, 0.15) is 70.9 Å². The van der Waals surface area contributed by atoms with E-state index in [2.05, 4.69) is 20.9 Å². The number of benzene rings is 2. The first kappa shape index (κ1) is 36.1. The van der Waals surface area contributed by atoms with Crippen LogP contribution in [0.5, 0.6) is 0 Å². The second-order valence-electron chi connectivity index (χ2n) is 13.7. The Morgan fingerprint density at radius 3 is 2.09 bits per heavy atom. The van der Waals surface area contributed by atoms with Crippen LogP contribution in [0.2, 0.25) is 0 Å². The smallest absolute Gasteiger partial charge is 0.408 e. The Bertz CT molecular complexity index is 1320. The second kappa shape index (κ2) is 17.4. The van der Waals surface area contributed by atoms with Crippen molar-refractivity contribution in [3.8, 4) is 0 Å². The summed E-state index contributed by atoms with van der Waals surface area (Å²) in [5.74, 6) is -0.0711. The number of Topliss-reactive ketones (excluding diaryl/α,β-unsaturated/α-hetero) is 1. The van der Waals surface area contributed by atoms with Crippen molar-refractivity contribution in [1.82, 2.24) is 20.9 Å². The van der Waals surface area contributed by atoms with Gasteiger partial charge < -0.3 is 25.8 Å². The fourth-order valence-corrected chi connectivity index (χ4v) is 6.94. The lowest BCUT2D eigenvalue weighted by atomic mass is 9.72. The van der Waals surface area contributed by atoms with Gasteiger partial charge in [-0.05, 0) is 62.0 Å². The molecule has 0 spiro atoms. The monoisotopic (exact) mass is 648 g/mol. The van der Waals surface area contributed by atoms with Gasteiger partial charge >= 0.3 is 6.09 Å². The summed E-state index contributed by atoms with van der Waals surface area (Å²) in [6.45, 7) is 7.89. The third-order valence-electron chi connectivity index (χ3n) is 9.67. The summed E-state index contributed by atoms with van der Waals surface area (Å²) in [6, 6.07) is 16.1. The highest BCUT2D eigenvalue weighted by Gasteiger charge is 2.40. The van der Waals surface area contributed by atoms with Crippen molar-refractivity contribution in [2.24, 2.45) is 17.8 Å². The van der Waals surface area contributed by atoms with Gasteiger partial charge in [0.25, 0.3) is 0 Å². The van der Waals surface area contributed by atoms with E-state index >= 15 is 0 Å². The molecule has 4 N–H and O–H groups in total. The van der Waals surface area contributed by atoms with Crippen LogP contribution in [-0.2, 0) is 32.1 Å². The molecule has 4 rings (SSSR count). The van der Waals surface area contributed by atoms with Gasteiger partial charge in [0.15, 0.2) is 0 Å². The van der Waals surface area contributed by atoms with E-state index in [9.17, 15) is 24.3 Å². The number of piperidine rings is 1. The van der Waals surface area contributed by atoms with Crippen LogP contribution in [-0.4, -0.2) is 77.1 Å². The van der Waals surface area contributed by atoms with Gasteiger partial charge in [0.1, 0.15) is 24.5 Å². The molecule has 47 heavy (non-hydrogen) atoms. The number of fused-ring (bicyclic) bond motifs is 1. The third-order valence-corrected chi connectivity index (χ3v) is 9.67. The number of hydrogen-bond donors (Lipinski definition) is 4. The van der Waals surface area contributed by atoms with Gasteiger partial charge in [0, 0.05) is 13.1 Å². The third kappa shape index (κ3) is 10.6. The SMILES string of the molecule is CC(=O)[C@@H]1CC2CCCCC2CN1C[C@@H](O)[C@H](Cc1ccccc1)NC(=O)[C@H](NC(=O)[C@@H](C)NC(=O)OCc1ccccc1)C(C)C. The molecule has 0 aromatic heterocycles. The van der Waals surface area contributed by atoms with Crippen LogP contribution in [0, 0.1) is 17.8 Å². The first-order valence-electron chi connectivity index (χ1n) is 17.1. The number of hydrogen-bond acceptors (Lipinski definition) is 7. The number of amides is 3. The summed E-state index contributed by atoms with van der Waals surface area (Å²) in [5.41, 5.74) is 1.77. The molecule has 10 heteroatoms. The second-order valence-corrected chi connectivity index (χ2v) is 13.7. The molecule has 0 bridgehead atoms. The Hall–Kier alpha value is -3.76. The van der Waals surface area contributed by atoms with Crippen LogP contribution < -0.4 is 16.0 Å². The first-order chi connectivity index (χ1) is 22.5. The van der Waals surface area contributed by atoms with Gasteiger partial charge in [-0.15, -0.1) is 0 Å². The fraction of sp³-hybridized carbons (Fsp3) is 0.568. The first-order valence-corrected chi connectivity index (χ1v) is 17.1. The number of carbonyl (C=O) groups excluding carboxylic acids is 4. The molecular weight excluding hydrogens is 596 g/mol. The van der Waals surface area contributed by atoms with Gasteiger partial charge in [0.2, 0.25) is 11.8 Å². The molecule has 1 saturated carbocycles. The Morgan fingerprint density at radius 2 is 1.47 bits per heavy atom. The number of nitrogens with one attached hydrogen (secondary N) is 3. The van der Waals surface area contributed by atoms with E-state index in [0.29, 0.717) is 18.3 Å². The quantitative estimate of drug-likeness (QED) is 0.243. The van der Waals surface area contributed by atoms with Crippen LogP contribution >= 0.6 is 0 Å². The molecule has 2 aromatic rings. The molecule has 3 amide bonds. The van der Waals surface area contributed by atoms with Crippen molar-refractivity contribution in [2.45, 2.75) is 103 Å². The number of rotatable bonds is 14. The molecule has 0 radical (unpaired) electrons. The molecule has 1 heterocycles. The Kier molecular flexibility index (Phi) is 13.4. The van der Waals surface area contributed by atoms with Gasteiger partial charge in [-0.1, -0.05) is 93.8 Å². The zero-order valence-corrected chi connectivity index (χ0v) is 28.2. The van der Waals surface area contributed by atoms with E-state index in [4.69, 9.17) is 4.74 Å². The lowest BCUT2D eigenvalue weighted by Gasteiger charge is -2.46. The van der Waals surface area contributed by atoms with Crippen LogP contribution in [0.15, 0.2) is 60.7 Å². The van der Waals surface area contributed by atoms with Crippen molar-refractivity contribution in [2.75, 3.05) is 13.1 Å². The zero-order valence-electron chi connectivity index (χ0n) is 28.2. The average molecular weight is 649 g/mol. The van der Waals surface area contributed by atoms with Gasteiger partial charge in [-0.25, -0.2) is 4.79 Å². The van der Waals surface area contributed by atoms with E-state index in [-0.39, 0.29) is 30.9 Å². The van der Waals surface area contributed by atoms with E-state index in [1.54, 1.807) is 6.92 Å². The number of β-amino-alcohol motifs (C(OH)–C–C–N with tert-alkyl or cyclic N) is 1. The van der Waals surface area contributed by atoms with Gasteiger partial charge in [-0.2, -0.15) is 0 Å². The number of aliphatic hydroxyl groups excluding tert-OH is 1. The minimum Gasteiger partial charge on any atom is -0.445 e. The summed E-state index contributed by atoms with van der Waals surface area (Å²) in [7, 11) is 0. The number of ketones is 1. The van der Waals surface area contributed by atoms with E-state index in [0.717, 1.165) is 36.9 Å². The number of carbonyl (C=O) groups is 4. The molecule has 2 unspecified atom stereocenters. The summed E-state index contributed by atoms with van der Waals surface area (Å²) in [6.07, 6.45) is 4.19. The van der Waals surface area contributed by atoms with Crippen LogP contribution in [0.4, 0.5) is 4.79 Å². The minimum absolute atomic E-state index is 0.0645. The number of ether oxygens (including phenoxy) is 1. The Labute approximate surface area is 279 Å². The summed E-state index contributed by atoms with van der Waals surface area (Å²) >= 11 is 0. The molecular formula is C37H52N4O6. The predicted octanol–water partition coefficient (Wildman–Crippen LogP) is 4.00. The molecule has 1 aliphatic carbocycles. The molecule has 2 fully saturated rings. The molecule has 256 valence electrons. The average Bonchev–Trinajstić information content (AvgIpc) is 3.06. The van der Waals surface area contributed by atoms with Crippen LogP contribution in [0.3, 0.4) is 0 Å². The normalized spacial score (nSPS) is 22.2. The van der Waals surface area contributed by atoms with Crippen LogP contribution in [0.25, 0.3) is 0 Å². The summed E-state index contributed by atoms with van der Waals surface area (Å²) in [4.78, 5) is 54.1. The van der Waals surface area contributed by atoms with Gasteiger partial charge in [-0.3, -0.25) is 19.3 Å². The molecule has 2 aliphatic rings. The predicted molar refractivity (Wildman–Crippen MR) is 180 cm³/mol. The van der Waals surface area contributed by atoms with E-state index in [1.807, 2.05) is 74.5 Å². The van der Waals surface area contributed by atoms with Crippen molar-refractivity contribution >= 4 is 23.7 Å². The van der Waals surface area contributed by atoms with E-state index in [1.165, 1.54) is 19.8 Å². The lowest BCUT2D eigenvalue weighted by molar-refractivity contribution is -0.132. The van der Waals surface area contributed by atoms with Crippen molar-refractivity contribution in [1.29, 1.82) is 0 Å². The standard InChI is InChI=1S/C37H52N4O6/c1-24(2)34(40-35(44)25(3)38-37(46)47-23-28-15-9-6-10-16-28)36(45)39-31(19-27-13-7-5-8-14-27)33(43)22-41-21-30-18-12-11-17-29(30)20-32(41)26(4)42/h5-10,13-16,24-25,29-34,43H,11-12,17-23H2,1-4H3,(H,38,46)(H,39,45)(H,40,44)/t25-,29?,30?,31+,32+,33-,34-/m1/s1. The Balaban J connectivity index is 1.40. The molecule has 1 aliphatic heterocycles. The van der Waals surface area contributed by atoms with E-state index < -0.39 is 42.1 Å². The highest BCUT2D eigenvalue weighted by molar-refractivity contribution is 5.91. The topological polar surface area (TPSA) is 137 Å². The van der Waals surface area contributed by atoms with Gasteiger partial charge in [0.05, 0.1) is 18.2 Å². The summed E-state index contributed by atoms with van der Waals surface area (Å²) < 4.78 is 5.24. The maximum atomic E-state index is 13.8. The number of likely N-dealkylation sites (tertiary alicyclic amines) is 1. The molecule has 10 nitrogen and oxygen atoms in total. The van der Waals surface area contributed by atoms with Crippen molar-refractivity contribution < 1.29 is 29.0 Å². The fourth-order valence-electron chi connectivity index (χ4n) is 6.94. The molecule has 1 saturated heterocycles. The maximum absolute atomic E-state index is 13.8. The molecule has 7 atom stereocenters. The van der Waals surface area contributed by atoms with Crippen molar-refractivity contribution in [3.05, 3.63) is 71.8 Å². The highest BCUT2D eigenvalue weighted by atomic mass is 16.5. The number of alkyl carbamates (subject to hydrolysis) is 1.